The maximum atomic E-state index is 13.5. The molecule has 1 fully saturated rings. The molecule has 0 heterocycles. The molecule has 1 aliphatic rings. The first-order valence-corrected chi connectivity index (χ1v) is 7.38. The second-order valence-electron chi connectivity index (χ2n) is 6.15. The maximum Gasteiger partial charge on any atom is 0.426 e. The van der Waals surface area contributed by atoms with E-state index in [1.165, 1.54) is 6.07 Å². The molecule has 0 N–H and O–H groups in total. The summed E-state index contributed by atoms with van der Waals surface area (Å²) in [7, 11) is 0. The summed E-state index contributed by atoms with van der Waals surface area (Å²) in [6.07, 6.45) is -3.91. The number of benzene rings is 1. The van der Waals surface area contributed by atoms with Gasteiger partial charge in [-0.3, -0.25) is 4.79 Å². The fourth-order valence-electron chi connectivity index (χ4n) is 2.59. The smallest absolute Gasteiger partial charge is 0.426 e. The second kappa shape index (κ2) is 6.35. The summed E-state index contributed by atoms with van der Waals surface area (Å²) in [6, 6.07) is 3.20. The Morgan fingerprint density at radius 3 is 2.33 bits per heavy atom. The van der Waals surface area contributed by atoms with Crippen molar-refractivity contribution in [1.82, 2.24) is 0 Å². The number of rotatable bonds is 4. The first-order valence-electron chi connectivity index (χ1n) is 7.00. The first-order chi connectivity index (χ1) is 11.0. The highest BCUT2D eigenvalue weighted by Crippen LogP contribution is 2.60. The fraction of sp³-hybridized carbons (Fsp3) is 0.438. The lowest BCUT2D eigenvalue weighted by atomic mass is 10.1. The van der Waals surface area contributed by atoms with Crippen LogP contribution in [-0.2, 0) is 16.1 Å². The summed E-state index contributed by atoms with van der Waals surface area (Å²) in [5, 5.41) is -1.31. The van der Waals surface area contributed by atoms with E-state index >= 15 is 0 Å². The molecule has 0 aliphatic heterocycles. The van der Waals surface area contributed by atoms with Crippen molar-refractivity contribution in [2.75, 3.05) is 0 Å². The lowest BCUT2D eigenvalue weighted by Gasteiger charge is -2.07. The molecule has 1 saturated carbocycles. The summed E-state index contributed by atoms with van der Waals surface area (Å²) in [5.74, 6) is -4.17. The molecule has 24 heavy (non-hydrogen) atoms. The van der Waals surface area contributed by atoms with Crippen LogP contribution in [0.3, 0.4) is 0 Å². The van der Waals surface area contributed by atoms with E-state index in [4.69, 9.17) is 16.3 Å². The highest BCUT2D eigenvalue weighted by atomic mass is 35.5. The van der Waals surface area contributed by atoms with Crippen molar-refractivity contribution in [2.45, 2.75) is 26.6 Å². The Balaban J connectivity index is 2.06. The van der Waals surface area contributed by atoms with E-state index in [-0.39, 0.29) is 0 Å². The van der Waals surface area contributed by atoms with Crippen LogP contribution in [0.25, 0.3) is 0 Å². The van der Waals surface area contributed by atoms with Gasteiger partial charge < -0.3 is 4.74 Å². The fourth-order valence-corrected chi connectivity index (χ4v) is 2.73. The Hall–Kier alpha value is -1.63. The molecule has 1 aliphatic carbocycles. The van der Waals surface area contributed by atoms with Gasteiger partial charge in [-0.15, -0.1) is 0 Å². The van der Waals surface area contributed by atoms with E-state index < -0.39 is 58.2 Å². The van der Waals surface area contributed by atoms with Crippen molar-refractivity contribution >= 4 is 17.6 Å². The average Bonchev–Trinajstić information content (AvgIpc) is 2.98. The van der Waals surface area contributed by atoms with Gasteiger partial charge in [0.2, 0.25) is 0 Å². The molecule has 0 spiro atoms. The monoisotopic (exact) mass is 368 g/mol. The van der Waals surface area contributed by atoms with E-state index in [0.717, 1.165) is 18.2 Å². The first kappa shape index (κ1) is 18.7. The molecule has 8 heteroatoms. The molecule has 0 saturated heterocycles. The molecule has 132 valence electrons. The van der Waals surface area contributed by atoms with E-state index in [0.29, 0.717) is 0 Å². The van der Waals surface area contributed by atoms with Crippen molar-refractivity contribution in [1.29, 1.82) is 0 Å². The van der Waals surface area contributed by atoms with Crippen LogP contribution in [0.15, 0.2) is 29.3 Å². The second-order valence-corrected chi connectivity index (χ2v) is 6.55. The molecule has 0 aromatic heterocycles. The summed E-state index contributed by atoms with van der Waals surface area (Å²) in [5.41, 5.74) is -1.19. The number of ether oxygens (including phenoxy) is 1. The van der Waals surface area contributed by atoms with Crippen molar-refractivity contribution in [2.24, 2.45) is 17.3 Å². The summed E-state index contributed by atoms with van der Waals surface area (Å²) in [6.45, 7) is 2.54. The van der Waals surface area contributed by atoms with Crippen LogP contribution in [0.2, 0.25) is 0 Å². The zero-order valence-corrected chi connectivity index (χ0v) is 13.5. The Bertz CT molecular complexity index is 661. The van der Waals surface area contributed by atoms with Gasteiger partial charge in [0, 0.05) is 0 Å². The highest BCUT2D eigenvalue weighted by Gasteiger charge is 2.62. The number of carbonyl (C=O) groups excluding carboxylic acids is 1. The van der Waals surface area contributed by atoms with Gasteiger partial charge in [-0.05, 0) is 23.5 Å². The Kier molecular flexibility index (Phi) is 4.95. The molecule has 0 amide bonds. The average molecular weight is 369 g/mol. The standard InChI is InChI=1S/C16H14ClF5O2/c1-15(2)9(6-12(17)16(20,21)22)13(15)14(23)24-7-8-10(18)4-3-5-11(8)19/h3-6,9,13H,7H2,1-2H3/t9-,13-/m1/s1. The topological polar surface area (TPSA) is 26.3 Å². The minimum atomic E-state index is -4.69. The maximum absolute atomic E-state index is 13.5. The number of esters is 1. The number of hydrogen-bond acceptors (Lipinski definition) is 2. The normalized spacial score (nSPS) is 23.1. The third kappa shape index (κ3) is 3.71. The number of alkyl halides is 3. The number of allylic oxidation sites excluding steroid dienone is 2. The van der Waals surface area contributed by atoms with Crippen LogP contribution in [0.4, 0.5) is 22.0 Å². The molecule has 2 rings (SSSR count). The van der Waals surface area contributed by atoms with Crippen LogP contribution < -0.4 is 0 Å². The molecule has 2 atom stereocenters. The molecule has 0 bridgehead atoms. The van der Waals surface area contributed by atoms with Crippen LogP contribution in [0, 0.1) is 28.9 Å². The van der Waals surface area contributed by atoms with Gasteiger partial charge in [0.25, 0.3) is 0 Å². The summed E-state index contributed by atoms with van der Waals surface area (Å²) >= 11 is 5.19. The third-order valence-corrected chi connectivity index (χ3v) is 4.52. The van der Waals surface area contributed by atoms with Crippen LogP contribution >= 0.6 is 11.6 Å². The van der Waals surface area contributed by atoms with Gasteiger partial charge in [0.1, 0.15) is 23.3 Å². The zero-order chi connectivity index (χ0) is 18.3. The lowest BCUT2D eigenvalue weighted by Crippen LogP contribution is -2.12. The summed E-state index contributed by atoms with van der Waals surface area (Å²) < 4.78 is 69.2. The van der Waals surface area contributed by atoms with E-state index in [9.17, 15) is 26.7 Å². The van der Waals surface area contributed by atoms with E-state index in [1.807, 2.05) is 0 Å². The summed E-state index contributed by atoms with van der Waals surface area (Å²) in [4.78, 5) is 12.0. The van der Waals surface area contributed by atoms with Crippen molar-refractivity contribution in [3.8, 4) is 0 Å². The van der Waals surface area contributed by atoms with Crippen LogP contribution in [-0.4, -0.2) is 12.1 Å². The Morgan fingerprint density at radius 2 is 1.83 bits per heavy atom. The Morgan fingerprint density at radius 1 is 1.29 bits per heavy atom. The van der Waals surface area contributed by atoms with Gasteiger partial charge in [-0.25, -0.2) is 8.78 Å². The number of hydrogen-bond donors (Lipinski definition) is 0. The highest BCUT2D eigenvalue weighted by molar-refractivity contribution is 6.30. The minimum Gasteiger partial charge on any atom is -0.460 e. The molecular formula is C16H14ClF5O2. The molecule has 1 aromatic rings. The predicted molar refractivity (Wildman–Crippen MR) is 76.9 cm³/mol. The minimum absolute atomic E-state index is 0.412. The number of halogens is 6. The van der Waals surface area contributed by atoms with Gasteiger partial charge in [-0.1, -0.05) is 37.6 Å². The van der Waals surface area contributed by atoms with Gasteiger partial charge in [0.15, 0.2) is 0 Å². The SMILES string of the molecule is CC1(C)[C@H](C=C(Cl)C(F)(F)F)[C@@H]1C(=O)OCc1c(F)cccc1F. The van der Waals surface area contributed by atoms with E-state index in [1.54, 1.807) is 13.8 Å². The van der Waals surface area contributed by atoms with Gasteiger partial charge in [0.05, 0.1) is 11.5 Å². The zero-order valence-electron chi connectivity index (χ0n) is 12.8. The largest absolute Gasteiger partial charge is 0.460 e. The quantitative estimate of drug-likeness (QED) is 0.554. The lowest BCUT2D eigenvalue weighted by molar-refractivity contribution is -0.147. The molecule has 0 unspecified atom stereocenters. The molecular weight excluding hydrogens is 355 g/mol. The number of carbonyl (C=O) groups is 1. The molecule has 2 nitrogen and oxygen atoms in total. The van der Waals surface area contributed by atoms with Crippen molar-refractivity contribution in [3.63, 3.8) is 0 Å². The van der Waals surface area contributed by atoms with Crippen LogP contribution in [0.1, 0.15) is 19.4 Å². The predicted octanol–water partition coefficient (Wildman–Crippen LogP) is 4.97. The molecule has 0 radical (unpaired) electrons. The van der Waals surface area contributed by atoms with Crippen molar-refractivity contribution < 1.29 is 31.5 Å². The Labute approximate surface area is 140 Å². The van der Waals surface area contributed by atoms with Crippen LogP contribution in [0.5, 0.6) is 0 Å². The van der Waals surface area contributed by atoms with Gasteiger partial charge in [-0.2, -0.15) is 13.2 Å². The van der Waals surface area contributed by atoms with Crippen molar-refractivity contribution in [3.05, 3.63) is 46.5 Å². The van der Waals surface area contributed by atoms with E-state index in [2.05, 4.69) is 0 Å². The van der Waals surface area contributed by atoms with Gasteiger partial charge >= 0.3 is 12.1 Å². The molecule has 1 aromatic carbocycles. The third-order valence-electron chi connectivity index (χ3n) is 4.18.